The summed E-state index contributed by atoms with van der Waals surface area (Å²) in [5.74, 6) is -0.360. The molecule has 0 aliphatic carbocycles. The molecule has 1 N–H and O–H groups in total. The number of halogens is 1. The first-order chi connectivity index (χ1) is 7.89. The molecule has 0 aromatic rings. The Labute approximate surface area is 113 Å². The highest BCUT2D eigenvalue weighted by Crippen LogP contribution is 2.11. The van der Waals surface area contributed by atoms with Crippen LogP contribution in [-0.2, 0) is 13.8 Å². The molecule has 0 rings (SSSR count). The molecule has 5 nitrogen and oxygen atoms in total. The summed E-state index contributed by atoms with van der Waals surface area (Å²) < 4.78 is 27.1. The number of rotatable bonds is 5. The van der Waals surface area contributed by atoms with Gasteiger partial charge in [0.1, 0.15) is 5.60 Å². The molecule has 106 valence electrons. The molecule has 0 saturated heterocycles. The van der Waals surface area contributed by atoms with E-state index in [9.17, 15) is 13.2 Å². The highest BCUT2D eigenvalue weighted by Gasteiger charge is 2.22. The van der Waals surface area contributed by atoms with Crippen molar-refractivity contribution >= 4 is 25.8 Å². The Balaban J connectivity index is 4.59. The van der Waals surface area contributed by atoms with E-state index in [2.05, 4.69) is 11.9 Å². The zero-order chi connectivity index (χ0) is 14.6. The summed E-state index contributed by atoms with van der Waals surface area (Å²) in [6, 6.07) is -0.639. The summed E-state index contributed by atoms with van der Waals surface area (Å²) in [6.07, 6.45) is -0.348. The van der Waals surface area contributed by atoms with E-state index < -0.39 is 26.8 Å². The third-order valence-corrected chi connectivity index (χ3v) is 2.89. The second kappa shape index (κ2) is 6.43. The minimum absolute atomic E-state index is 0.325. The van der Waals surface area contributed by atoms with Crippen LogP contribution in [0.3, 0.4) is 0 Å². The van der Waals surface area contributed by atoms with Gasteiger partial charge in [0.15, 0.2) is 0 Å². The molecule has 7 heteroatoms. The second-order valence-corrected chi connectivity index (χ2v) is 8.03. The SMILES string of the molecule is C=C(C)CC(CS(=O)(=O)Cl)NC(=O)OC(C)(C)C. The molecule has 0 aromatic heterocycles. The van der Waals surface area contributed by atoms with Gasteiger partial charge in [0.05, 0.1) is 11.8 Å². The molecule has 0 fully saturated rings. The molecular formula is C11H20ClNO4S. The van der Waals surface area contributed by atoms with Crippen LogP contribution in [-0.4, -0.2) is 31.9 Å². The Kier molecular flexibility index (Phi) is 6.16. The molecule has 0 heterocycles. The number of hydrogen-bond donors (Lipinski definition) is 1. The van der Waals surface area contributed by atoms with E-state index in [1.165, 1.54) is 0 Å². The Morgan fingerprint density at radius 1 is 1.44 bits per heavy atom. The molecular weight excluding hydrogens is 278 g/mol. The predicted octanol–water partition coefficient (Wildman–Crippen LogP) is 2.41. The van der Waals surface area contributed by atoms with Crippen LogP contribution in [0.15, 0.2) is 12.2 Å². The van der Waals surface area contributed by atoms with Crippen molar-refractivity contribution in [2.45, 2.75) is 45.8 Å². The van der Waals surface area contributed by atoms with Crippen molar-refractivity contribution in [1.29, 1.82) is 0 Å². The summed E-state index contributed by atoms with van der Waals surface area (Å²) in [5, 5.41) is 2.48. The Hall–Kier alpha value is -0.750. The monoisotopic (exact) mass is 297 g/mol. The van der Waals surface area contributed by atoms with Gasteiger partial charge in [0.2, 0.25) is 9.05 Å². The van der Waals surface area contributed by atoms with Crippen LogP contribution in [0.5, 0.6) is 0 Å². The van der Waals surface area contributed by atoms with E-state index in [-0.39, 0.29) is 5.75 Å². The maximum absolute atomic E-state index is 11.5. The first-order valence-electron chi connectivity index (χ1n) is 5.45. The molecule has 0 spiro atoms. The number of amides is 1. The largest absolute Gasteiger partial charge is 0.444 e. The van der Waals surface area contributed by atoms with Crippen molar-refractivity contribution in [2.75, 3.05) is 5.75 Å². The molecule has 0 aliphatic rings. The zero-order valence-corrected chi connectivity index (χ0v) is 12.7. The fraction of sp³-hybridized carbons (Fsp3) is 0.727. The van der Waals surface area contributed by atoms with Gasteiger partial charge in [-0.2, -0.15) is 0 Å². The van der Waals surface area contributed by atoms with Crippen LogP contribution in [0.25, 0.3) is 0 Å². The van der Waals surface area contributed by atoms with Crippen molar-refractivity contribution in [3.8, 4) is 0 Å². The summed E-state index contributed by atoms with van der Waals surface area (Å²) in [5.41, 5.74) is 0.105. The van der Waals surface area contributed by atoms with Gasteiger partial charge in [-0.25, -0.2) is 13.2 Å². The number of nitrogens with one attached hydrogen (secondary N) is 1. The maximum Gasteiger partial charge on any atom is 0.407 e. The van der Waals surface area contributed by atoms with E-state index in [1.807, 2.05) is 0 Å². The average Bonchev–Trinajstić information content (AvgIpc) is 1.92. The smallest absolute Gasteiger partial charge is 0.407 e. The van der Waals surface area contributed by atoms with Gasteiger partial charge < -0.3 is 10.1 Å². The van der Waals surface area contributed by atoms with Gasteiger partial charge in [-0.1, -0.05) is 5.57 Å². The average molecular weight is 298 g/mol. The number of alkyl carbamates (subject to hydrolysis) is 1. The standard InChI is InChI=1S/C11H20ClNO4S/c1-8(2)6-9(7-18(12,15)16)13-10(14)17-11(3,4)5/h9H,1,6-7H2,2-5H3,(H,13,14). The molecule has 1 unspecified atom stereocenters. The highest BCUT2D eigenvalue weighted by atomic mass is 35.7. The Bertz CT molecular complexity index is 411. The first-order valence-corrected chi connectivity index (χ1v) is 7.93. The minimum atomic E-state index is -3.70. The topological polar surface area (TPSA) is 72.5 Å². The van der Waals surface area contributed by atoms with Gasteiger partial charge in [0, 0.05) is 10.7 Å². The third kappa shape index (κ3) is 10.4. The normalized spacial score (nSPS) is 13.8. The number of carbonyl (C=O) groups excluding carboxylic acids is 1. The fourth-order valence-electron chi connectivity index (χ4n) is 1.29. The minimum Gasteiger partial charge on any atom is -0.444 e. The van der Waals surface area contributed by atoms with Crippen LogP contribution in [0.1, 0.15) is 34.1 Å². The van der Waals surface area contributed by atoms with Crippen LogP contribution < -0.4 is 5.32 Å². The molecule has 18 heavy (non-hydrogen) atoms. The summed E-state index contributed by atoms with van der Waals surface area (Å²) >= 11 is 0. The summed E-state index contributed by atoms with van der Waals surface area (Å²) in [7, 11) is 1.48. The van der Waals surface area contributed by atoms with Crippen molar-refractivity contribution in [3.05, 3.63) is 12.2 Å². The zero-order valence-electron chi connectivity index (χ0n) is 11.1. The lowest BCUT2D eigenvalue weighted by molar-refractivity contribution is 0.0509. The van der Waals surface area contributed by atoms with Gasteiger partial charge in [-0.05, 0) is 34.1 Å². The van der Waals surface area contributed by atoms with Crippen molar-refractivity contribution < 1.29 is 17.9 Å². The van der Waals surface area contributed by atoms with E-state index >= 15 is 0 Å². The summed E-state index contributed by atoms with van der Waals surface area (Å²) in [6.45, 7) is 10.6. The molecule has 1 atom stereocenters. The highest BCUT2D eigenvalue weighted by molar-refractivity contribution is 8.13. The van der Waals surface area contributed by atoms with Gasteiger partial charge in [-0.15, -0.1) is 6.58 Å². The van der Waals surface area contributed by atoms with E-state index in [4.69, 9.17) is 15.4 Å². The molecule has 0 saturated carbocycles. The lowest BCUT2D eigenvalue weighted by Crippen LogP contribution is -2.42. The van der Waals surface area contributed by atoms with Crippen molar-refractivity contribution in [1.82, 2.24) is 5.32 Å². The molecule has 0 aromatic carbocycles. The predicted molar refractivity (Wildman–Crippen MR) is 72.2 cm³/mol. The Morgan fingerprint density at radius 2 is 1.94 bits per heavy atom. The third-order valence-electron chi connectivity index (χ3n) is 1.72. The van der Waals surface area contributed by atoms with Crippen LogP contribution in [0, 0.1) is 0 Å². The molecule has 0 bridgehead atoms. The van der Waals surface area contributed by atoms with Crippen LogP contribution in [0.2, 0.25) is 0 Å². The van der Waals surface area contributed by atoms with Crippen molar-refractivity contribution in [2.24, 2.45) is 0 Å². The summed E-state index contributed by atoms with van der Waals surface area (Å²) in [4.78, 5) is 11.5. The molecule has 0 radical (unpaired) electrons. The lowest BCUT2D eigenvalue weighted by atomic mass is 10.1. The number of hydrogen-bond acceptors (Lipinski definition) is 4. The van der Waals surface area contributed by atoms with Gasteiger partial charge in [-0.3, -0.25) is 0 Å². The first kappa shape index (κ1) is 17.2. The van der Waals surface area contributed by atoms with E-state index in [0.29, 0.717) is 6.42 Å². The van der Waals surface area contributed by atoms with Gasteiger partial charge >= 0.3 is 6.09 Å². The lowest BCUT2D eigenvalue weighted by Gasteiger charge is -2.23. The van der Waals surface area contributed by atoms with E-state index in [1.54, 1.807) is 27.7 Å². The van der Waals surface area contributed by atoms with E-state index in [0.717, 1.165) is 5.57 Å². The fourth-order valence-corrected chi connectivity index (χ4v) is 2.42. The maximum atomic E-state index is 11.5. The molecule has 0 aliphatic heterocycles. The number of ether oxygens (including phenoxy) is 1. The quantitative estimate of drug-likeness (QED) is 0.625. The van der Waals surface area contributed by atoms with Gasteiger partial charge in [0.25, 0.3) is 0 Å². The van der Waals surface area contributed by atoms with Crippen LogP contribution >= 0.6 is 10.7 Å². The van der Waals surface area contributed by atoms with Crippen LogP contribution in [0.4, 0.5) is 4.79 Å². The molecule has 1 amide bonds. The second-order valence-electron chi connectivity index (χ2n) is 5.21. The number of carbonyl (C=O) groups is 1. The Morgan fingerprint density at radius 3 is 2.28 bits per heavy atom. The van der Waals surface area contributed by atoms with Crippen molar-refractivity contribution in [3.63, 3.8) is 0 Å².